The van der Waals surface area contributed by atoms with E-state index in [1.54, 1.807) is 30.3 Å². The summed E-state index contributed by atoms with van der Waals surface area (Å²) in [6.07, 6.45) is -5.12. The Labute approximate surface area is 112 Å². The lowest BCUT2D eigenvalue weighted by molar-refractivity contribution is -0.200. The molecule has 0 saturated carbocycles. The summed E-state index contributed by atoms with van der Waals surface area (Å²) < 4.78 is 44.1. The van der Waals surface area contributed by atoms with E-state index in [0.29, 0.717) is 5.56 Å². The lowest BCUT2D eigenvalue weighted by Gasteiger charge is -2.12. The summed E-state index contributed by atoms with van der Waals surface area (Å²) in [7, 11) is 0. The van der Waals surface area contributed by atoms with Crippen LogP contribution in [0.1, 0.15) is 5.56 Å². The average Bonchev–Trinajstić information content (AvgIpc) is 2.41. The van der Waals surface area contributed by atoms with E-state index in [1.165, 1.54) is 0 Å². The molecule has 0 aromatic heterocycles. The van der Waals surface area contributed by atoms with Gasteiger partial charge in [-0.3, -0.25) is 4.79 Å². The van der Waals surface area contributed by atoms with Crippen molar-refractivity contribution < 1.29 is 32.2 Å². The van der Waals surface area contributed by atoms with Crippen molar-refractivity contribution in [2.24, 2.45) is 5.73 Å². The molecule has 0 fully saturated rings. The Morgan fingerprint density at radius 1 is 1.15 bits per heavy atom. The van der Waals surface area contributed by atoms with Gasteiger partial charge in [0.25, 0.3) is 0 Å². The van der Waals surface area contributed by atoms with Crippen molar-refractivity contribution in [3.63, 3.8) is 0 Å². The molecule has 0 unspecified atom stereocenters. The molecule has 0 amide bonds. The van der Waals surface area contributed by atoms with Crippen molar-refractivity contribution in [2.75, 3.05) is 6.61 Å². The minimum atomic E-state index is -5.12. The fraction of sp³-hybridized carbons (Fsp3) is 0.333. The van der Waals surface area contributed by atoms with Crippen LogP contribution in [0.25, 0.3) is 0 Å². The first kappa shape index (κ1) is 16.0. The van der Waals surface area contributed by atoms with Crippen LogP contribution < -0.4 is 5.73 Å². The molecule has 0 radical (unpaired) electrons. The second kappa shape index (κ2) is 6.90. The number of nitrogens with two attached hydrogens (primary N) is 1. The van der Waals surface area contributed by atoms with Gasteiger partial charge in [0.1, 0.15) is 19.3 Å². The zero-order chi connectivity index (χ0) is 15.2. The molecule has 0 saturated heterocycles. The van der Waals surface area contributed by atoms with Gasteiger partial charge in [-0.1, -0.05) is 30.3 Å². The van der Waals surface area contributed by atoms with E-state index in [2.05, 4.69) is 4.74 Å². The van der Waals surface area contributed by atoms with E-state index >= 15 is 0 Å². The fourth-order valence-electron chi connectivity index (χ4n) is 1.15. The van der Waals surface area contributed by atoms with Crippen molar-refractivity contribution in [1.82, 2.24) is 0 Å². The summed E-state index contributed by atoms with van der Waals surface area (Å²) in [5, 5.41) is 0. The Morgan fingerprint density at radius 3 is 2.30 bits per heavy atom. The number of ether oxygens (including phenoxy) is 2. The van der Waals surface area contributed by atoms with Crippen molar-refractivity contribution in [1.29, 1.82) is 0 Å². The Balaban J connectivity index is 2.35. The predicted octanol–water partition coefficient (Wildman–Crippen LogP) is 1.16. The molecule has 2 N–H and O–H groups in total. The van der Waals surface area contributed by atoms with Crippen LogP contribution in [0.15, 0.2) is 30.3 Å². The SMILES string of the molecule is N[C@@H](COC(=O)C(F)(F)F)C(=O)OCc1ccccc1. The van der Waals surface area contributed by atoms with Crippen LogP contribution in [0.4, 0.5) is 13.2 Å². The van der Waals surface area contributed by atoms with Gasteiger partial charge in [-0.25, -0.2) is 4.79 Å². The molecule has 8 heteroatoms. The normalized spacial score (nSPS) is 12.6. The lowest BCUT2D eigenvalue weighted by Crippen LogP contribution is -2.39. The summed E-state index contributed by atoms with van der Waals surface area (Å²) in [5.74, 6) is -3.35. The highest BCUT2D eigenvalue weighted by Gasteiger charge is 2.41. The lowest BCUT2D eigenvalue weighted by atomic mass is 10.2. The van der Waals surface area contributed by atoms with Crippen molar-refractivity contribution in [3.8, 4) is 0 Å². The van der Waals surface area contributed by atoms with Crippen LogP contribution >= 0.6 is 0 Å². The van der Waals surface area contributed by atoms with Crippen LogP contribution in [0.2, 0.25) is 0 Å². The number of hydrogen-bond donors (Lipinski definition) is 1. The average molecular weight is 291 g/mol. The zero-order valence-corrected chi connectivity index (χ0v) is 10.2. The van der Waals surface area contributed by atoms with Crippen LogP contribution in [0, 0.1) is 0 Å². The summed E-state index contributed by atoms with van der Waals surface area (Å²) in [4.78, 5) is 21.8. The first-order chi connectivity index (χ1) is 9.30. The molecule has 5 nitrogen and oxygen atoms in total. The second-order valence-corrected chi connectivity index (χ2v) is 3.80. The Hall–Kier alpha value is -2.09. The molecule has 0 aliphatic heterocycles. The first-order valence-corrected chi connectivity index (χ1v) is 5.51. The van der Waals surface area contributed by atoms with Crippen LogP contribution in [0.3, 0.4) is 0 Å². The number of hydrogen-bond acceptors (Lipinski definition) is 5. The summed E-state index contributed by atoms with van der Waals surface area (Å²) in [5.41, 5.74) is 5.95. The zero-order valence-electron chi connectivity index (χ0n) is 10.2. The minimum absolute atomic E-state index is 0.0689. The van der Waals surface area contributed by atoms with Gasteiger partial charge in [-0.05, 0) is 5.56 Å². The van der Waals surface area contributed by atoms with E-state index in [-0.39, 0.29) is 6.61 Å². The summed E-state index contributed by atoms with van der Waals surface area (Å²) in [6, 6.07) is 7.16. The van der Waals surface area contributed by atoms with E-state index in [0.717, 1.165) is 0 Å². The maximum Gasteiger partial charge on any atom is 0.490 e. The molecule has 20 heavy (non-hydrogen) atoms. The highest BCUT2D eigenvalue weighted by Crippen LogP contribution is 2.16. The topological polar surface area (TPSA) is 78.6 Å². The summed E-state index contributed by atoms with van der Waals surface area (Å²) in [6.45, 7) is -0.966. The van der Waals surface area contributed by atoms with Gasteiger partial charge in [-0.15, -0.1) is 0 Å². The van der Waals surface area contributed by atoms with Gasteiger partial charge in [0.05, 0.1) is 0 Å². The predicted molar refractivity (Wildman–Crippen MR) is 61.2 cm³/mol. The third kappa shape index (κ3) is 5.27. The Kier molecular flexibility index (Phi) is 5.51. The second-order valence-electron chi connectivity index (χ2n) is 3.80. The van der Waals surface area contributed by atoms with Gasteiger partial charge in [0.2, 0.25) is 0 Å². The van der Waals surface area contributed by atoms with Crippen LogP contribution in [0.5, 0.6) is 0 Å². The minimum Gasteiger partial charge on any atom is -0.460 e. The van der Waals surface area contributed by atoms with E-state index in [4.69, 9.17) is 10.5 Å². The number of esters is 2. The first-order valence-electron chi connectivity index (χ1n) is 5.51. The number of alkyl halides is 3. The van der Waals surface area contributed by atoms with E-state index in [9.17, 15) is 22.8 Å². The fourth-order valence-corrected chi connectivity index (χ4v) is 1.15. The van der Waals surface area contributed by atoms with Crippen molar-refractivity contribution >= 4 is 11.9 Å². The molecule has 0 heterocycles. The highest BCUT2D eigenvalue weighted by atomic mass is 19.4. The number of carbonyl (C=O) groups excluding carboxylic acids is 2. The van der Waals surface area contributed by atoms with Gasteiger partial charge >= 0.3 is 18.1 Å². The molecule has 0 bridgehead atoms. The Bertz CT molecular complexity index is 462. The number of carbonyl (C=O) groups is 2. The van der Waals surface area contributed by atoms with Gasteiger partial charge in [0, 0.05) is 0 Å². The number of rotatable bonds is 5. The smallest absolute Gasteiger partial charge is 0.460 e. The van der Waals surface area contributed by atoms with Gasteiger partial charge in [0.15, 0.2) is 0 Å². The molecule has 1 aromatic rings. The molecule has 1 atom stereocenters. The monoisotopic (exact) mass is 291 g/mol. The molecule has 0 spiro atoms. The summed E-state index contributed by atoms with van der Waals surface area (Å²) >= 11 is 0. The standard InChI is InChI=1S/C12H12F3NO4/c13-12(14,15)11(18)20-7-9(16)10(17)19-6-8-4-2-1-3-5-8/h1-5,9H,6-7,16H2/t9-/m0/s1. The quantitative estimate of drug-likeness (QED) is 0.824. The van der Waals surface area contributed by atoms with Crippen molar-refractivity contribution in [2.45, 2.75) is 18.8 Å². The Morgan fingerprint density at radius 2 is 1.75 bits per heavy atom. The van der Waals surface area contributed by atoms with E-state index in [1.807, 2.05) is 0 Å². The maximum atomic E-state index is 11.8. The molecular weight excluding hydrogens is 279 g/mol. The molecule has 0 aliphatic carbocycles. The molecule has 1 aromatic carbocycles. The maximum absolute atomic E-state index is 11.8. The van der Waals surface area contributed by atoms with Crippen molar-refractivity contribution in [3.05, 3.63) is 35.9 Å². The highest BCUT2D eigenvalue weighted by molar-refractivity contribution is 5.78. The largest absolute Gasteiger partial charge is 0.490 e. The number of halogens is 3. The van der Waals surface area contributed by atoms with Gasteiger partial charge in [-0.2, -0.15) is 13.2 Å². The molecular formula is C12H12F3NO4. The number of benzene rings is 1. The molecule has 1 rings (SSSR count). The van der Waals surface area contributed by atoms with Gasteiger partial charge < -0.3 is 15.2 Å². The van der Waals surface area contributed by atoms with Crippen LogP contribution in [-0.4, -0.2) is 30.8 Å². The van der Waals surface area contributed by atoms with E-state index < -0.39 is 30.8 Å². The molecule has 110 valence electrons. The molecule has 0 aliphatic rings. The third-order valence-corrected chi connectivity index (χ3v) is 2.15. The third-order valence-electron chi connectivity index (χ3n) is 2.15. The van der Waals surface area contributed by atoms with Crippen LogP contribution in [-0.2, 0) is 25.7 Å².